The fourth-order valence-corrected chi connectivity index (χ4v) is 6.77. The maximum absolute atomic E-state index is 9.60. The Morgan fingerprint density at radius 2 is 0.831 bits per heavy atom. The first kappa shape index (κ1) is 30.5. The number of hydrogen-bond donors (Lipinski definition) is 0. The third-order valence-electron chi connectivity index (χ3n) is 9.63. The Balaban J connectivity index is 0.00000608. The molecule has 0 aliphatic rings. The molecule has 0 unspecified atom stereocenters. The minimum Gasteiger partial charge on any atom is -0.304 e. The van der Waals surface area contributed by atoms with E-state index in [-0.39, 0.29) is 42.4 Å². The topological polar surface area (TPSA) is 38.7 Å². The SMILES string of the molecule is [2H]C([2H])(c1ccc(-c2[c-]cccc2)nc1)C([2H])([2H])c1cc(-c2ccccc2-c2cnc(-c3[c-]cccc3)cc2-c2ccccc2)cc(C([2H])([2H])C([2H])([2H])c2ccc(-c3[c-]cccc3)nc2)c1.[Ir+3]. The zero-order chi connectivity index (χ0) is 46.1. The summed E-state index contributed by atoms with van der Waals surface area (Å²) in [6.07, 6.45) is -6.62. The average Bonchev–Trinajstić information content (AvgIpc) is 3.37. The Hall–Kier alpha value is -6.58. The van der Waals surface area contributed by atoms with Crippen molar-refractivity contribution in [3.63, 3.8) is 0 Å². The van der Waals surface area contributed by atoms with Gasteiger partial charge in [0.2, 0.25) is 0 Å². The van der Waals surface area contributed by atoms with Gasteiger partial charge in [0.25, 0.3) is 0 Å². The van der Waals surface area contributed by atoms with Gasteiger partial charge in [0, 0.05) is 35.1 Å². The number of aromatic nitrogens is 3. The summed E-state index contributed by atoms with van der Waals surface area (Å²) in [5.41, 5.74) is 7.65. The van der Waals surface area contributed by atoms with E-state index < -0.39 is 25.5 Å². The molecule has 0 aliphatic carbocycles. The first-order chi connectivity index (χ1) is 31.8. The molecule has 0 aliphatic heterocycles. The van der Waals surface area contributed by atoms with Crippen molar-refractivity contribution in [3.8, 4) is 67.2 Å². The van der Waals surface area contributed by atoms with Gasteiger partial charge in [-0.05, 0) is 92.6 Å². The molecule has 9 aromatic rings. The van der Waals surface area contributed by atoms with Crippen molar-refractivity contribution in [3.05, 3.63) is 235 Å². The second kappa shape index (κ2) is 18.8. The quantitative estimate of drug-likeness (QED) is 0.115. The van der Waals surface area contributed by atoms with Gasteiger partial charge in [-0.2, -0.15) is 0 Å². The molecule has 3 heterocycles. The molecule has 0 saturated carbocycles. The Bertz CT molecular complexity index is 2990. The van der Waals surface area contributed by atoms with Crippen LogP contribution in [0.1, 0.15) is 33.2 Å². The molecule has 6 aromatic carbocycles. The molecule has 0 N–H and O–H groups in total. The fourth-order valence-electron chi connectivity index (χ4n) is 6.77. The maximum Gasteiger partial charge on any atom is 3.00 e. The summed E-state index contributed by atoms with van der Waals surface area (Å²) in [4.78, 5) is 13.8. The summed E-state index contributed by atoms with van der Waals surface area (Å²) in [6.45, 7) is 0. The zero-order valence-electron chi connectivity index (χ0n) is 39.7. The molecule has 3 aromatic heterocycles. The molecule has 0 bridgehead atoms. The smallest absolute Gasteiger partial charge is 0.304 e. The first-order valence-corrected chi connectivity index (χ1v) is 18.9. The third-order valence-corrected chi connectivity index (χ3v) is 9.63. The second-order valence-corrected chi connectivity index (χ2v) is 13.5. The minimum atomic E-state index is -2.81. The molecule has 0 saturated heterocycles. The van der Waals surface area contributed by atoms with Crippen LogP contribution >= 0.6 is 0 Å². The van der Waals surface area contributed by atoms with Gasteiger partial charge in [-0.15, -0.1) is 108 Å². The number of pyridine rings is 3. The summed E-state index contributed by atoms with van der Waals surface area (Å²) in [5.74, 6) is 0. The summed E-state index contributed by atoms with van der Waals surface area (Å²) in [6, 6.07) is 61.4. The minimum absolute atomic E-state index is 0. The van der Waals surface area contributed by atoms with Crippen LogP contribution in [0.15, 0.2) is 195 Å². The zero-order valence-corrected chi connectivity index (χ0v) is 34.0. The van der Waals surface area contributed by atoms with Crippen molar-refractivity contribution in [2.24, 2.45) is 0 Å². The molecule has 0 radical (unpaired) electrons. The van der Waals surface area contributed by atoms with E-state index in [4.69, 9.17) is 4.98 Å². The maximum atomic E-state index is 9.60. The van der Waals surface area contributed by atoms with Crippen LogP contribution in [-0.4, -0.2) is 15.0 Å². The van der Waals surface area contributed by atoms with Crippen molar-refractivity contribution in [1.82, 2.24) is 15.0 Å². The molecular weight excluding hydrogens is 895 g/mol. The Kier molecular flexibility index (Phi) is 9.71. The van der Waals surface area contributed by atoms with E-state index in [1.54, 1.807) is 30.5 Å². The molecule has 59 heavy (non-hydrogen) atoms. The van der Waals surface area contributed by atoms with Gasteiger partial charge < -0.3 is 15.0 Å². The fraction of sp³-hybridized carbons (Fsp3) is 0.0727. The van der Waals surface area contributed by atoms with Crippen LogP contribution in [0, 0.1) is 18.2 Å². The van der Waals surface area contributed by atoms with Crippen LogP contribution in [0.2, 0.25) is 0 Å². The van der Waals surface area contributed by atoms with Gasteiger partial charge in [-0.25, -0.2) is 0 Å². The first-order valence-electron chi connectivity index (χ1n) is 22.9. The van der Waals surface area contributed by atoms with Crippen LogP contribution in [-0.2, 0) is 45.6 Å². The molecule has 9 rings (SSSR count). The molecular formula is C55H40IrN3. The standard InChI is InChI=1S/C55H40N3.Ir/c1-5-15-44(16-6-1)51-36-55(47-21-11-4-12-22-47)58-39-52(51)50-24-14-13-23-49(50)48-34-42(27-25-40-29-31-53(56-37-40)45-17-7-2-8-18-45)33-43(35-48)28-26-41-30-32-54(57-38-41)46-19-9-3-10-20-46;/h1-17,19,21,23-24,29-39H,25-28H2;/q-3;+3/i25D2,26D2,27D2,28D2;. The van der Waals surface area contributed by atoms with Gasteiger partial charge in [0.1, 0.15) is 0 Å². The van der Waals surface area contributed by atoms with E-state index in [2.05, 4.69) is 28.2 Å². The average molecular weight is 943 g/mol. The van der Waals surface area contributed by atoms with Crippen LogP contribution in [0.5, 0.6) is 0 Å². The third kappa shape index (κ3) is 9.43. The van der Waals surface area contributed by atoms with Crippen LogP contribution in [0.4, 0.5) is 0 Å². The van der Waals surface area contributed by atoms with E-state index >= 15 is 0 Å². The normalized spacial score (nSPS) is 13.8. The molecule has 0 fully saturated rings. The molecule has 0 spiro atoms. The van der Waals surface area contributed by atoms with Crippen molar-refractivity contribution in [1.29, 1.82) is 0 Å². The van der Waals surface area contributed by atoms with Crippen molar-refractivity contribution < 1.29 is 31.1 Å². The van der Waals surface area contributed by atoms with E-state index in [1.807, 2.05) is 121 Å². The van der Waals surface area contributed by atoms with E-state index in [0.29, 0.717) is 44.9 Å². The Morgan fingerprint density at radius 3 is 1.34 bits per heavy atom. The summed E-state index contributed by atoms with van der Waals surface area (Å²) < 4.78 is 75.9. The van der Waals surface area contributed by atoms with Gasteiger partial charge in [0.15, 0.2) is 0 Å². The van der Waals surface area contributed by atoms with E-state index in [0.717, 1.165) is 22.3 Å². The summed E-state index contributed by atoms with van der Waals surface area (Å²) in [7, 11) is 0. The van der Waals surface area contributed by atoms with Crippen LogP contribution < -0.4 is 0 Å². The van der Waals surface area contributed by atoms with Crippen molar-refractivity contribution in [2.45, 2.75) is 25.5 Å². The van der Waals surface area contributed by atoms with Crippen LogP contribution in [0.3, 0.4) is 0 Å². The van der Waals surface area contributed by atoms with Gasteiger partial charge in [0.05, 0.1) is 0 Å². The predicted molar refractivity (Wildman–Crippen MR) is 237 cm³/mol. The van der Waals surface area contributed by atoms with Crippen molar-refractivity contribution in [2.75, 3.05) is 0 Å². The van der Waals surface area contributed by atoms with E-state index in [1.165, 1.54) is 42.7 Å². The monoisotopic (exact) mass is 943 g/mol. The molecule has 3 nitrogen and oxygen atoms in total. The Labute approximate surface area is 372 Å². The number of nitrogens with zero attached hydrogens (tertiary/aromatic N) is 3. The largest absolute Gasteiger partial charge is 3.00 e. The predicted octanol–water partition coefficient (Wildman–Crippen LogP) is 12.8. The summed E-state index contributed by atoms with van der Waals surface area (Å²) >= 11 is 0. The molecule has 4 heteroatoms. The number of aryl methyl sites for hydroxylation is 4. The van der Waals surface area contributed by atoms with E-state index in [9.17, 15) is 11.0 Å². The number of benzene rings is 6. The molecule has 284 valence electrons. The van der Waals surface area contributed by atoms with Crippen molar-refractivity contribution >= 4 is 0 Å². The number of rotatable bonds is 12. The van der Waals surface area contributed by atoms with Gasteiger partial charge in [-0.1, -0.05) is 103 Å². The summed E-state index contributed by atoms with van der Waals surface area (Å²) in [5, 5.41) is 0. The second-order valence-electron chi connectivity index (χ2n) is 13.5. The molecule has 0 amide bonds. The molecule has 0 atom stereocenters. The van der Waals surface area contributed by atoms with Gasteiger partial charge in [-0.3, -0.25) is 0 Å². The number of hydrogen-bond acceptors (Lipinski definition) is 3. The van der Waals surface area contributed by atoms with Crippen LogP contribution in [0.25, 0.3) is 67.2 Å². The Morgan fingerprint density at radius 1 is 0.356 bits per heavy atom. The van der Waals surface area contributed by atoms with Gasteiger partial charge >= 0.3 is 20.1 Å².